The van der Waals surface area contributed by atoms with Crippen LogP contribution >= 0.6 is 0 Å². The molecular formula is C16H21N7O. The Kier molecular flexibility index (Phi) is 3.68. The molecule has 3 aromatic heterocycles. The van der Waals surface area contributed by atoms with Crippen molar-refractivity contribution in [3.05, 3.63) is 35.5 Å². The van der Waals surface area contributed by atoms with E-state index >= 15 is 0 Å². The van der Waals surface area contributed by atoms with E-state index in [2.05, 4.69) is 38.1 Å². The third-order valence-electron chi connectivity index (χ3n) is 4.30. The summed E-state index contributed by atoms with van der Waals surface area (Å²) in [5, 5.41) is 8.84. The van der Waals surface area contributed by atoms with Gasteiger partial charge in [0.2, 0.25) is 0 Å². The van der Waals surface area contributed by atoms with Crippen LogP contribution in [0.4, 0.5) is 5.82 Å². The van der Waals surface area contributed by atoms with E-state index in [1.54, 1.807) is 10.8 Å². The maximum absolute atomic E-state index is 5.96. The van der Waals surface area contributed by atoms with E-state index in [4.69, 9.17) is 4.74 Å². The zero-order valence-electron chi connectivity index (χ0n) is 14.2. The maximum Gasteiger partial charge on any atom is 0.254 e. The topological polar surface area (TPSA) is 73.4 Å². The molecule has 24 heavy (non-hydrogen) atoms. The highest BCUT2D eigenvalue weighted by molar-refractivity contribution is 5.47. The molecule has 3 aromatic rings. The van der Waals surface area contributed by atoms with E-state index in [1.807, 2.05) is 24.6 Å². The highest BCUT2D eigenvalue weighted by Gasteiger charge is 2.24. The molecule has 1 fully saturated rings. The Morgan fingerprint density at radius 1 is 1.21 bits per heavy atom. The number of ether oxygens (including phenoxy) is 1. The van der Waals surface area contributed by atoms with Crippen LogP contribution in [0.1, 0.15) is 17.1 Å². The average Bonchev–Trinajstić information content (AvgIpc) is 3.13. The van der Waals surface area contributed by atoms with Crippen LogP contribution in [0.15, 0.2) is 18.5 Å². The number of hydrogen-bond donors (Lipinski definition) is 0. The molecule has 1 atom stereocenters. The summed E-state index contributed by atoms with van der Waals surface area (Å²) < 4.78 is 9.77. The van der Waals surface area contributed by atoms with Gasteiger partial charge in [-0.15, -0.1) is 0 Å². The third-order valence-corrected chi connectivity index (χ3v) is 4.30. The number of aryl methyl sites for hydroxylation is 3. The molecule has 0 radical (unpaired) electrons. The van der Waals surface area contributed by atoms with Gasteiger partial charge in [-0.25, -0.2) is 4.98 Å². The highest BCUT2D eigenvalue weighted by atomic mass is 16.5. The molecule has 1 saturated heterocycles. The lowest BCUT2D eigenvalue weighted by Gasteiger charge is -2.34. The standard InChI is InChI=1S/C16H21N7O/c1-11-7-15(23-16(19-11)17-10-18-23)21-4-5-24-14(8-21)9-22-13(3)6-12(2)20-22/h6-7,10,14H,4-5,8-9H2,1-3H3/t14-/m0/s1. The molecule has 126 valence electrons. The Bertz CT molecular complexity index is 869. The molecule has 0 spiro atoms. The van der Waals surface area contributed by atoms with Gasteiger partial charge in [-0.05, 0) is 26.8 Å². The summed E-state index contributed by atoms with van der Waals surface area (Å²) in [4.78, 5) is 10.9. The van der Waals surface area contributed by atoms with Gasteiger partial charge in [-0.3, -0.25) is 4.68 Å². The van der Waals surface area contributed by atoms with Crippen molar-refractivity contribution in [2.75, 3.05) is 24.6 Å². The molecule has 4 heterocycles. The van der Waals surface area contributed by atoms with Crippen LogP contribution in [0.25, 0.3) is 5.78 Å². The monoisotopic (exact) mass is 327 g/mol. The van der Waals surface area contributed by atoms with Crippen molar-refractivity contribution in [2.24, 2.45) is 0 Å². The Morgan fingerprint density at radius 2 is 2.08 bits per heavy atom. The number of rotatable bonds is 3. The van der Waals surface area contributed by atoms with Gasteiger partial charge in [-0.2, -0.15) is 19.7 Å². The van der Waals surface area contributed by atoms with Crippen molar-refractivity contribution in [3.8, 4) is 0 Å². The number of nitrogens with zero attached hydrogens (tertiary/aromatic N) is 7. The number of anilines is 1. The number of aromatic nitrogens is 6. The molecule has 8 nitrogen and oxygen atoms in total. The van der Waals surface area contributed by atoms with Crippen LogP contribution in [0.2, 0.25) is 0 Å². The number of morpholine rings is 1. The second-order valence-electron chi connectivity index (χ2n) is 6.28. The summed E-state index contributed by atoms with van der Waals surface area (Å²) in [7, 11) is 0. The Hall–Kier alpha value is -2.48. The van der Waals surface area contributed by atoms with Gasteiger partial charge < -0.3 is 9.64 Å². The lowest BCUT2D eigenvalue weighted by molar-refractivity contribution is 0.0266. The Balaban J connectivity index is 1.58. The van der Waals surface area contributed by atoms with Gasteiger partial charge in [-0.1, -0.05) is 0 Å². The van der Waals surface area contributed by atoms with Crippen molar-refractivity contribution < 1.29 is 4.74 Å². The van der Waals surface area contributed by atoms with Crippen LogP contribution in [0.5, 0.6) is 0 Å². The van der Waals surface area contributed by atoms with Gasteiger partial charge in [0.1, 0.15) is 12.1 Å². The first-order chi connectivity index (χ1) is 11.6. The smallest absolute Gasteiger partial charge is 0.254 e. The molecule has 0 amide bonds. The van der Waals surface area contributed by atoms with Gasteiger partial charge in [0.15, 0.2) is 0 Å². The SMILES string of the molecule is Cc1cc(N2CCO[C@H](Cn3nc(C)cc3C)C2)n2ncnc2n1. The van der Waals surface area contributed by atoms with E-state index < -0.39 is 0 Å². The van der Waals surface area contributed by atoms with Crippen LogP contribution in [-0.2, 0) is 11.3 Å². The second kappa shape index (κ2) is 5.86. The fourth-order valence-electron chi connectivity index (χ4n) is 3.23. The zero-order chi connectivity index (χ0) is 16.7. The summed E-state index contributed by atoms with van der Waals surface area (Å²) in [5.74, 6) is 1.64. The van der Waals surface area contributed by atoms with E-state index in [9.17, 15) is 0 Å². The van der Waals surface area contributed by atoms with Crippen molar-refractivity contribution in [2.45, 2.75) is 33.4 Å². The number of hydrogen-bond acceptors (Lipinski definition) is 6. The van der Waals surface area contributed by atoms with E-state index in [0.717, 1.165) is 42.5 Å². The molecular weight excluding hydrogens is 306 g/mol. The molecule has 0 bridgehead atoms. The first-order valence-corrected chi connectivity index (χ1v) is 8.15. The first kappa shape index (κ1) is 15.1. The predicted octanol–water partition coefficient (Wildman–Crippen LogP) is 1.15. The molecule has 1 aliphatic rings. The highest BCUT2D eigenvalue weighted by Crippen LogP contribution is 2.20. The minimum Gasteiger partial charge on any atom is -0.373 e. The molecule has 4 rings (SSSR count). The molecule has 1 aliphatic heterocycles. The van der Waals surface area contributed by atoms with Gasteiger partial charge in [0, 0.05) is 30.5 Å². The van der Waals surface area contributed by atoms with Crippen molar-refractivity contribution in [1.82, 2.24) is 29.4 Å². The van der Waals surface area contributed by atoms with E-state index in [1.165, 1.54) is 0 Å². The predicted molar refractivity (Wildman–Crippen MR) is 89.2 cm³/mol. The summed E-state index contributed by atoms with van der Waals surface area (Å²) in [6.07, 6.45) is 1.63. The summed E-state index contributed by atoms with van der Waals surface area (Å²) in [6.45, 7) is 9.11. The normalized spacial score (nSPS) is 18.5. The number of fused-ring (bicyclic) bond motifs is 1. The Morgan fingerprint density at radius 3 is 2.88 bits per heavy atom. The molecule has 8 heteroatoms. The molecule has 0 aliphatic carbocycles. The van der Waals surface area contributed by atoms with Crippen LogP contribution in [-0.4, -0.2) is 55.2 Å². The van der Waals surface area contributed by atoms with Crippen molar-refractivity contribution >= 4 is 11.6 Å². The fourth-order valence-corrected chi connectivity index (χ4v) is 3.23. The second-order valence-corrected chi connectivity index (χ2v) is 6.28. The minimum absolute atomic E-state index is 0.0868. The molecule has 0 N–H and O–H groups in total. The average molecular weight is 327 g/mol. The molecule has 0 aromatic carbocycles. The third kappa shape index (κ3) is 2.73. The largest absolute Gasteiger partial charge is 0.373 e. The van der Waals surface area contributed by atoms with Crippen LogP contribution in [0.3, 0.4) is 0 Å². The van der Waals surface area contributed by atoms with Gasteiger partial charge in [0.25, 0.3) is 5.78 Å². The summed E-state index contributed by atoms with van der Waals surface area (Å²) >= 11 is 0. The van der Waals surface area contributed by atoms with E-state index in [0.29, 0.717) is 12.4 Å². The van der Waals surface area contributed by atoms with Crippen molar-refractivity contribution in [1.29, 1.82) is 0 Å². The molecule has 0 saturated carbocycles. The maximum atomic E-state index is 5.96. The van der Waals surface area contributed by atoms with Gasteiger partial charge in [0.05, 0.1) is 24.9 Å². The first-order valence-electron chi connectivity index (χ1n) is 8.15. The Labute approximate surface area is 140 Å². The summed E-state index contributed by atoms with van der Waals surface area (Å²) in [5.41, 5.74) is 3.13. The molecule has 0 unspecified atom stereocenters. The summed E-state index contributed by atoms with van der Waals surface area (Å²) in [6, 6.07) is 4.14. The van der Waals surface area contributed by atoms with Gasteiger partial charge >= 0.3 is 0 Å². The van der Waals surface area contributed by atoms with Crippen LogP contribution < -0.4 is 4.90 Å². The lowest BCUT2D eigenvalue weighted by Crippen LogP contribution is -2.45. The van der Waals surface area contributed by atoms with Crippen LogP contribution in [0, 0.1) is 20.8 Å². The van der Waals surface area contributed by atoms with E-state index in [-0.39, 0.29) is 6.10 Å². The fraction of sp³-hybridized carbons (Fsp3) is 0.500. The minimum atomic E-state index is 0.0868. The lowest BCUT2D eigenvalue weighted by atomic mass is 10.2. The van der Waals surface area contributed by atoms with Crippen molar-refractivity contribution in [3.63, 3.8) is 0 Å². The zero-order valence-corrected chi connectivity index (χ0v) is 14.2. The quantitative estimate of drug-likeness (QED) is 0.718.